The monoisotopic (exact) mass is 289 g/mol. The van der Waals surface area contributed by atoms with Gasteiger partial charge in [0.2, 0.25) is 5.91 Å². The van der Waals surface area contributed by atoms with Crippen LogP contribution in [0.4, 0.5) is 5.69 Å². The van der Waals surface area contributed by atoms with Crippen LogP contribution in [-0.4, -0.2) is 43.0 Å². The molecule has 0 saturated carbocycles. The lowest BCUT2D eigenvalue weighted by Crippen LogP contribution is -2.46. The van der Waals surface area contributed by atoms with Gasteiger partial charge in [-0.15, -0.1) is 0 Å². The highest BCUT2D eigenvalue weighted by molar-refractivity contribution is 5.92. The van der Waals surface area contributed by atoms with E-state index in [1.807, 2.05) is 31.2 Å². The highest BCUT2D eigenvalue weighted by Crippen LogP contribution is 2.13. The second kappa shape index (κ2) is 8.15. The van der Waals surface area contributed by atoms with Gasteiger partial charge in [0, 0.05) is 11.7 Å². The Kier molecular flexibility index (Phi) is 6.21. The fourth-order valence-corrected chi connectivity index (χ4v) is 2.87. The largest absolute Gasteiger partial charge is 0.325 e. The molecule has 0 atom stereocenters. The minimum Gasteiger partial charge on any atom is -0.325 e. The van der Waals surface area contributed by atoms with Crippen molar-refractivity contribution in [2.24, 2.45) is 0 Å². The Hall–Kier alpha value is -1.39. The minimum absolute atomic E-state index is 0.0887. The minimum atomic E-state index is 0.0887. The van der Waals surface area contributed by atoms with Crippen molar-refractivity contribution in [3.8, 4) is 0 Å². The van der Waals surface area contributed by atoms with E-state index in [4.69, 9.17) is 0 Å². The molecule has 0 bridgehead atoms. The van der Waals surface area contributed by atoms with Gasteiger partial charge in [0.05, 0.1) is 6.54 Å². The van der Waals surface area contributed by atoms with Crippen LogP contribution in [0.15, 0.2) is 24.3 Å². The summed E-state index contributed by atoms with van der Waals surface area (Å²) in [5, 5.41) is 6.38. The number of benzene rings is 1. The van der Waals surface area contributed by atoms with E-state index in [-0.39, 0.29) is 5.91 Å². The number of carbonyl (C=O) groups is 1. The molecule has 0 unspecified atom stereocenters. The van der Waals surface area contributed by atoms with Gasteiger partial charge in [0.25, 0.3) is 0 Å². The molecule has 1 amide bonds. The first kappa shape index (κ1) is 16.0. The molecule has 1 aromatic carbocycles. The zero-order chi connectivity index (χ0) is 15.1. The number of hydrogen-bond acceptors (Lipinski definition) is 3. The van der Waals surface area contributed by atoms with Crippen molar-refractivity contribution in [2.45, 2.75) is 39.2 Å². The number of piperidine rings is 1. The molecule has 21 heavy (non-hydrogen) atoms. The first-order valence-electron chi connectivity index (χ1n) is 8.00. The molecule has 0 aliphatic carbocycles. The molecule has 4 heteroatoms. The molecule has 1 aliphatic heterocycles. The summed E-state index contributed by atoms with van der Waals surface area (Å²) >= 11 is 0. The van der Waals surface area contributed by atoms with Crippen LogP contribution < -0.4 is 10.6 Å². The van der Waals surface area contributed by atoms with Gasteiger partial charge in [0.1, 0.15) is 0 Å². The molecule has 116 valence electrons. The van der Waals surface area contributed by atoms with E-state index in [1.54, 1.807) is 0 Å². The number of nitrogens with zero attached hydrogens (tertiary/aromatic N) is 1. The Morgan fingerprint density at radius 1 is 1.29 bits per heavy atom. The van der Waals surface area contributed by atoms with Gasteiger partial charge < -0.3 is 10.6 Å². The van der Waals surface area contributed by atoms with Crippen LogP contribution in [0.2, 0.25) is 0 Å². The molecule has 1 aromatic rings. The van der Waals surface area contributed by atoms with Gasteiger partial charge in [-0.1, -0.05) is 24.6 Å². The van der Waals surface area contributed by atoms with Gasteiger partial charge in [-0.3, -0.25) is 9.69 Å². The maximum Gasteiger partial charge on any atom is 0.238 e. The van der Waals surface area contributed by atoms with Crippen molar-refractivity contribution >= 4 is 11.6 Å². The Morgan fingerprint density at radius 2 is 1.95 bits per heavy atom. The van der Waals surface area contributed by atoms with Gasteiger partial charge in [0.15, 0.2) is 0 Å². The van der Waals surface area contributed by atoms with Crippen molar-refractivity contribution in [1.29, 1.82) is 0 Å². The second-order valence-corrected chi connectivity index (χ2v) is 5.87. The molecule has 4 nitrogen and oxygen atoms in total. The maximum atomic E-state index is 12.3. The average Bonchev–Trinajstić information content (AvgIpc) is 2.50. The molecule has 1 heterocycles. The lowest BCUT2D eigenvalue weighted by molar-refractivity contribution is -0.118. The summed E-state index contributed by atoms with van der Waals surface area (Å²) in [6.45, 7) is 7.82. The summed E-state index contributed by atoms with van der Waals surface area (Å²) < 4.78 is 0. The number of carbonyl (C=O) groups excluding carboxylic acids is 1. The van der Waals surface area contributed by atoms with Crippen LogP contribution in [0.3, 0.4) is 0 Å². The third-order valence-corrected chi connectivity index (χ3v) is 4.02. The SMILES string of the molecule is CCCN(CC(=O)Nc1ccc(C)cc1)C1CCNCC1. The van der Waals surface area contributed by atoms with E-state index in [1.165, 1.54) is 5.56 Å². The Labute approximate surface area is 127 Å². The first-order valence-corrected chi connectivity index (χ1v) is 8.00. The van der Waals surface area contributed by atoms with Crippen LogP contribution in [0.1, 0.15) is 31.7 Å². The van der Waals surface area contributed by atoms with E-state index >= 15 is 0 Å². The summed E-state index contributed by atoms with van der Waals surface area (Å²) in [4.78, 5) is 14.6. The first-order chi connectivity index (χ1) is 10.2. The maximum absolute atomic E-state index is 12.3. The third-order valence-electron chi connectivity index (χ3n) is 4.02. The Balaban J connectivity index is 1.89. The number of aryl methyl sites for hydroxylation is 1. The number of amides is 1. The van der Waals surface area contributed by atoms with E-state index < -0.39 is 0 Å². The number of nitrogens with one attached hydrogen (secondary N) is 2. The predicted octanol–water partition coefficient (Wildman–Crippen LogP) is 2.40. The Bertz CT molecular complexity index is 438. The van der Waals surface area contributed by atoms with Gasteiger partial charge in [-0.25, -0.2) is 0 Å². The fraction of sp³-hybridized carbons (Fsp3) is 0.588. The highest BCUT2D eigenvalue weighted by Gasteiger charge is 2.22. The quantitative estimate of drug-likeness (QED) is 0.845. The summed E-state index contributed by atoms with van der Waals surface area (Å²) in [6, 6.07) is 8.50. The lowest BCUT2D eigenvalue weighted by Gasteiger charge is -2.34. The molecule has 1 aliphatic rings. The second-order valence-electron chi connectivity index (χ2n) is 5.87. The zero-order valence-corrected chi connectivity index (χ0v) is 13.2. The summed E-state index contributed by atoms with van der Waals surface area (Å²) in [5.41, 5.74) is 2.09. The molecule has 2 rings (SSSR count). The predicted molar refractivity (Wildman–Crippen MR) is 87.6 cm³/mol. The van der Waals surface area contributed by atoms with Crippen molar-refractivity contribution in [1.82, 2.24) is 10.2 Å². The van der Waals surface area contributed by atoms with Crippen LogP contribution in [-0.2, 0) is 4.79 Å². The van der Waals surface area contributed by atoms with Crippen molar-refractivity contribution in [3.63, 3.8) is 0 Å². The molecular formula is C17H27N3O. The van der Waals surface area contributed by atoms with Crippen LogP contribution in [0.25, 0.3) is 0 Å². The summed E-state index contributed by atoms with van der Waals surface area (Å²) in [5.74, 6) is 0.0887. The molecule has 1 fully saturated rings. The van der Waals surface area contributed by atoms with Crippen LogP contribution >= 0.6 is 0 Å². The van der Waals surface area contributed by atoms with Crippen molar-refractivity contribution in [2.75, 3.05) is 31.5 Å². The molecule has 0 aromatic heterocycles. The smallest absolute Gasteiger partial charge is 0.238 e. The average molecular weight is 289 g/mol. The van der Waals surface area contributed by atoms with E-state index in [2.05, 4.69) is 22.5 Å². The van der Waals surface area contributed by atoms with E-state index in [0.717, 1.165) is 44.6 Å². The van der Waals surface area contributed by atoms with Crippen molar-refractivity contribution < 1.29 is 4.79 Å². The molecular weight excluding hydrogens is 262 g/mol. The van der Waals surface area contributed by atoms with Crippen molar-refractivity contribution in [3.05, 3.63) is 29.8 Å². The fourth-order valence-electron chi connectivity index (χ4n) is 2.87. The molecule has 0 radical (unpaired) electrons. The lowest BCUT2D eigenvalue weighted by atomic mass is 10.0. The molecule has 2 N–H and O–H groups in total. The van der Waals surface area contributed by atoms with Gasteiger partial charge in [-0.05, 0) is 58.0 Å². The van der Waals surface area contributed by atoms with Crippen LogP contribution in [0.5, 0.6) is 0 Å². The standard InChI is InChI=1S/C17H27N3O/c1-3-12-20(16-8-10-18-11-9-16)13-17(21)19-15-6-4-14(2)5-7-15/h4-7,16,18H,3,8-13H2,1-2H3,(H,19,21). The highest BCUT2D eigenvalue weighted by atomic mass is 16.2. The van der Waals surface area contributed by atoms with Crippen LogP contribution in [0, 0.1) is 6.92 Å². The topological polar surface area (TPSA) is 44.4 Å². The van der Waals surface area contributed by atoms with E-state index in [0.29, 0.717) is 12.6 Å². The third kappa shape index (κ3) is 5.14. The molecule has 0 spiro atoms. The summed E-state index contributed by atoms with van der Waals surface area (Å²) in [6.07, 6.45) is 3.36. The number of anilines is 1. The number of hydrogen-bond donors (Lipinski definition) is 2. The Morgan fingerprint density at radius 3 is 2.57 bits per heavy atom. The van der Waals surface area contributed by atoms with Gasteiger partial charge in [-0.2, -0.15) is 0 Å². The normalized spacial score (nSPS) is 16.1. The van der Waals surface area contributed by atoms with E-state index in [9.17, 15) is 4.79 Å². The number of rotatable bonds is 6. The van der Waals surface area contributed by atoms with Gasteiger partial charge >= 0.3 is 0 Å². The zero-order valence-electron chi connectivity index (χ0n) is 13.2. The summed E-state index contributed by atoms with van der Waals surface area (Å²) in [7, 11) is 0. The molecule has 1 saturated heterocycles.